The summed E-state index contributed by atoms with van der Waals surface area (Å²) in [7, 11) is 1.38. The van der Waals surface area contributed by atoms with Crippen molar-refractivity contribution in [2.45, 2.75) is 52.1 Å². The Morgan fingerprint density at radius 3 is 2.42 bits per heavy atom. The summed E-state index contributed by atoms with van der Waals surface area (Å²) in [5, 5.41) is 29.3. The van der Waals surface area contributed by atoms with Crippen molar-refractivity contribution in [3.63, 3.8) is 0 Å². The molecule has 0 radical (unpaired) electrons. The molecular formula is C41H47N3O9. The zero-order valence-electron chi connectivity index (χ0n) is 30.2. The molecule has 0 aliphatic rings. The third kappa shape index (κ3) is 15.0. The first-order chi connectivity index (χ1) is 25.6. The van der Waals surface area contributed by atoms with E-state index in [4.69, 9.17) is 9.47 Å². The maximum absolute atomic E-state index is 13.3. The van der Waals surface area contributed by atoms with Gasteiger partial charge in [-0.2, -0.15) is 0 Å². The van der Waals surface area contributed by atoms with Crippen LogP contribution in [0.4, 0.5) is 0 Å². The number of phenols is 1. The zero-order valence-corrected chi connectivity index (χ0v) is 30.2. The molecule has 3 aromatic rings. The number of aryl methyl sites for hydroxylation is 1. The number of carbonyl (C=O) groups is 4. The predicted octanol–water partition coefficient (Wildman–Crippen LogP) is 5.38. The van der Waals surface area contributed by atoms with Gasteiger partial charge in [-0.1, -0.05) is 77.5 Å². The first kappa shape index (κ1) is 41.4. The first-order valence-corrected chi connectivity index (χ1v) is 17.2. The molecule has 0 aliphatic heterocycles. The molecule has 0 saturated heterocycles. The summed E-state index contributed by atoms with van der Waals surface area (Å²) in [5.41, 5.74) is 3.58. The molecule has 12 heteroatoms. The Morgan fingerprint density at radius 1 is 0.981 bits per heavy atom. The number of hydrogen-bond acceptors (Lipinski definition) is 10. The van der Waals surface area contributed by atoms with Crippen LogP contribution in [0.5, 0.6) is 11.5 Å². The lowest BCUT2D eigenvalue weighted by atomic mass is 10.0. The topological polar surface area (TPSA) is 173 Å². The molecule has 3 aromatic carbocycles. The van der Waals surface area contributed by atoms with E-state index in [-0.39, 0.29) is 62.0 Å². The molecule has 12 nitrogen and oxygen atoms in total. The summed E-state index contributed by atoms with van der Waals surface area (Å²) in [6, 6.07) is 19.2. The number of allylic oxidation sites excluding steroid dienone is 3. The Balaban J connectivity index is 1.53. The van der Waals surface area contributed by atoms with E-state index >= 15 is 0 Å². The quantitative estimate of drug-likeness (QED) is 0.0214. The standard InChI is InChI=1S/C41H47N3O9/c1-29(2)13-17-33-27-35(28-36(46)39(33)41(50)53-34(21-25-45)11-7-22-42-37(47)12-8-23-44-51-3)52-26-24-43-38(48)20-16-30-14-18-32(19-15-30)40(49)31-9-5-4-6-10-31/h4-10,12-15,18-19,22-23,27-28,34,45-46H,11,16-17,20-21,24-26H2,1-3H3,(H,42,47)(H,43,48)/b12-8+,22-7+,44-23+/t34-/m0/s1. The summed E-state index contributed by atoms with van der Waals surface area (Å²) in [6.07, 6.45) is 9.52. The average molecular weight is 726 g/mol. The number of aromatic hydroxyl groups is 1. The number of aliphatic hydroxyl groups excluding tert-OH is 1. The molecule has 0 spiro atoms. The van der Waals surface area contributed by atoms with Gasteiger partial charge in [0, 0.05) is 55.3 Å². The normalized spacial score (nSPS) is 11.7. The number of rotatable bonds is 21. The second-order valence-corrected chi connectivity index (χ2v) is 12.0. The fraction of sp³-hybridized carbons (Fsp3) is 0.293. The second-order valence-electron chi connectivity index (χ2n) is 12.0. The molecule has 280 valence electrons. The van der Waals surface area contributed by atoms with Crippen molar-refractivity contribution in [3.05, 3.63) is 131 Å². The minimum Gasteiger partial charge on any atom is -0.507 e. The minimum absolute atomic E-state index is 0.0244. The molecule has 3 rings (SSSR count). The molecule has 0 heterocycles. The summed E-state index contributed by atoms with van der Waals surface area (Å²) >= 11 is 0. The largest absolute Gasteiger partial charge is 0.507 e. The van der Waals surface area contributed by atoms with Gasteiger partial charge in [-0.05, 0) is 50.0 Å². The third-order valence-electron chi connectivity index (χ3n) is 7.66. The van der Waals surface area contributed by atoms with E-state index in [9.17, 15) is 29.4 Å². The van der Waals surface area contributed by atoms with E-state index in [2.05, 4.69) is 20.6 Å². The van der Waals surface area contributed by atoms with Crippen LogP contribution >= 0.6 is 0 Å². The van der Waals surface area contributed by atoms with Crippen molar-refractivity contribution < 1.29 is 43.7 Å². The van der Waals surface area contributed by atoms with Gasteiger partial charge in [0.15, 0.2) is 5.78 Å². The van der Waals surface area contributed by atoms with Crippen molar-refractivity contribution in [2.75, 3.05) is 26.9 Å². The van der Waals surface area contributed by atoms with Crippen molar-refractivity contribution in [2.24, 2.45) is 5.16 Å². The van der Waals surface area contributed by atoms with Crippen LogP contribution < -0.4 is 15.4 Å². The van der Waals surface area contributed by atoms with E-state index in [1.165, 1.54) is 37.7 Å². The minimum atomic E-state index is -0.771. The lowest BCUT2D eigenvalue weighted by Gasteiger charge is -2.18. The van der Waals surface area contributed by atoms with Crippen LogP contribution in [0.25, 0.3) is 0 Å². The SMILES string of the molecule is CO/N=C/C=C/C(=O)N/C=C/C[C@@H](CCO)OC(=O)c1c(O)cc(OCCNC(=O)CCc2ccc(C(=O)c3ccccc3)cc2)cc1CC=C(C)C. The van der Waals surface area contributed by atoms with E-state index in [1.807, 2.05) is 50.3 Å². The van der Waals surface area contributed by atoms with E-state index < -0.39 is 18.0 Å². The van der Waals surface area contributed by atoms with E-state index in [1.54, 1.807) is 36.4 Å². The van der Waals surface area contributed by atoms with Gasteiger partial charge in [-0.15, -0.1) is 0 Å². The number of nitrogens with zero attached hydrogens (tertiary/aromatic N) is 1. The number of oxime groups is 1. The average Bonchev–Trinajstić information content (AvgIpc) is 3.15. The Hall–Kier alpha value is -6.01. The molecule has 0 aromatic heterocycles. The highest BCUT2D eigenvalue weighted by atomic mass is 16.6. The van der Waals surface area contributed by atoms with Gasteiger partial charge in [-0.3, -0.25) is 14.4 Å². The van der Waals surface area contributed by atoms with Gasteiger partial charge >= 0.3 is 5.97 Å². The molecule has 2 amide bonds. The molecule has 0 unspecified atom stereocenters. The molecule has 1 atom stereocenters. The van der Waals surface area contributed by atoms with E-state index in [0.717, 1.165) is 11.1 Å². The maximum Gasteiger partial charge on any atom is 0.342 e. The van der Waals surface area contributed by atoms with Crippen LogP contribution in [0, 0.1) is 0 Å². The number of phenolic OH excluding ortho intramolecular Hbond substituents is 1. The van der Waals surface area contributed by atoms with Crippen molar-refractivity contribution in [1.82, 2.24) is 10.6 Å². The Kier molecular flexibility index (Phi) is 17.8. The van der Waals surface area contributed by atoms with Gasteiger partial charge in [0.05, 0.1) is 12.8 Å². The number of aliphatic hydroxyl groups is 1. The van der Waals surface area contributed by atoms with Gasteiger partial charge in [0.25, 0.3) is 0 Å². The molecular weight excluding hydrogens is 678 g/mol. The highest BCUT2D eigenvalue weighted by Gasteiger charge is 2.23. The molecule has 0 aliphatic carbocycles. The highest BCUT2D eigenvalue weighted by Crippen LogP contribution is 2.30. The fourth-order valence-electron chi connectivity index (χ4n) is 4.95. The number of esters is 1. The molecule has 0 fully saturated rings. The summed E-state index contributed by atoms with van der Waals surface area (Å²) in [4.78, 5) is 54.8. The van der Waals surface area contributed by atoms with Crippen molar-refractivity contribution in [1.29, 1.82) is 0 Å². The number of benzene rings is 3. The fourth-order valence-corrected chi connectivity index (χ4v) is 4.95. The number of ketones is 1. The van der Waals surface area contributed by atoms with Gasteiger partial charge < -0.3 is 35.2 Å². The first-order valence-electron chi connectivity index (χ1n) is 17.2. The maximum atomic E-state index is 13.3. The Labute approximate surface area is 309 Å². The number of carbonyl (C=O) groups excluding carboxylic acids is 4. The van der Waals surface area contributed by atoms with Crippen molar-refractivity contribution in [3.8, 4) is 11.5 Å². The van der Waals surface area contributed by atoms with Crippen LogP contribution in [0.2, 0.25) is 0 Å². The highest BCUT2D eigenvalue weighted by molar-refractivity contribution is 6.09. The number of ether oxygens (including phenoxy) is 2. The van der Waals surface area contributed by atoms with Crippen LogP contribution in [0.15, 0.2) is 108 Å². The molecule has 4 N–H and O–H groups in total. The van der Waals surface area contributed by atoms with Gasteiger partial charge in [0.1, 0.15) is 36.9 Å². The number of amides is 2. The molecule has 0 saturated carbocycles. The number of nitrogens with one attached hydrogen (secondary N) is 2. The van der Waals surface area contributed by atoms with Gasteiger partial charge in [0.2, 0.25) is 11.8 Å². The van der Waals surface area contributed by atoms with E-state index in [0.29, 0.717) is 35.3 Å². The van der Waals surface area contributed by atoms with Crippen molar-refractivity contribution >= 4 is 29.8 Å². The summed E-state index contributed by atoms with van der Waals surface area (Å²) in [5.74, 6) is -1.43. The summed E-state index contributed by atoms with van der Waals surface area (Å²) < 4.78 is 11.5. The van der Waals surface area contributed by atoms with Crippen LogP contribution in [-0.4, -0.2) is 73.0 Å². The molecule has 53 heavy (non-hydrogen) atoms. The Morgan fingerprint density at radius 2 is 1.72 bits per heavy atom. The Bertz CT molecular complexity index is 1780. The van der Waals surface area contributed by atoms with Gasteiger partial charge in [-0.25, -0.2) is 4.79 Å². The summed E-state index contributed by atoms with van der Waals surface area (Å²) in [6.45, 7) is 3.91. The predicted molar refractivity (Wildman–Crippen MR) is 202 cm³/mol. The van der Waals surface area contributed by atoms with Crippen LogP contribution in [0.1, 0.15) is 70.5 Å². The third-order valence-corrected chi connectivity index (χ3v) is 7.66. The van der Waals surface area contributed by atoms with Crippen LogP contribution in [0.3, 0.4) is 0 Å². The second kappa shape index (κ2) is 22.7. The lowest BCUT2D eigenvalue weighted by Crippen LogP contribution is -2.28. The zero-order chi connectivity index (χ0) is 38.4. The number of hydrogen-bond donors (Lipinski definition) is 4. The molecule has 0 bridgehead atoms. The lowest BCUT2D eigenvalue weighted by molar-refractivity contribution is -0.121. The van der Waals surface area contributed by atoms with Crippen LogP contribution in [-0.2, 0) is 32.0 Å². The monoisotopic (exact) mass is 725 g/mol. The smallest absolute Gasteiger partial charge is 0.342 e.